The predicted octanol–water partition coefficient (Wildman–Crippen LogP) is 13.5. The summed E-state index contributed by atoms with van der Waals surface area (Å²) in [5.74, 6) is 1.98. The van der Waals surface area contributed by atoms with Gasteiger partial charge in [-0.3, -0.25) is 0 Å². The molecule has 0 amide bonds. The zero-order valence-electron chi connectivity index (χ0n) is 28.5. The van der Waals surface area contributed by atoms with Crippen LogP contribution < -0.4 is 0 Å². The van der Waals surface area contributed by atoms with Gasteiger partial charge < -0.3 is 0 Å². The molecule has 11 rings (SSSR count). The Kier molecular flexibility index (Phi) is 6.73. The monoisotopic (exact) mass is 691 g/mol. The highest BCUT2D eigenvalue weighted by Crippen LogP contribution is 2.44. The molecule has 11 aromatic rings. The lowest BCUT2D eigenvalue weighted by Crippen LogP contribution is -2.01. The molecule has 2 heterocycles. The lowest BCUT2D eigenvalue weighted by Gasteiger charge is -2.17. The molecule has 4 heteroatoms. The third-order valence-corrected chi connectivity index (χ3v) is 11.7. The fraction of sp³-hybridized carbons (Fsp3) is 0. The van der Waals surface area contributed by atoms with Crippen molar-refractivity contribution in [3.63, 3.8) is 0 Å². The van der Waals surface area contributed by atoms with Crippen LogP contribution in [0.2, 0.25) is 0 Å². The van der Waals surface area contributed by atoms with E-state index in [0.717, 1.165) is 27.5 Å². The standard InChI is InChI=1S/C49H29N3S/c1-2-14-31(15-3-1)47-50-48(52-49(51-47)42-23-12-22-40-37-21-10-11-24-44(37)53-46(40)42)41-28-27-38(35-19-8-9-20-36(35)41)45-34-18-7-5-16-32(34)29-43-33-17-6-4-13-30(33)25-26-39(43)45/h1-29H. The van der Waals surface area contributed by atoms with Crippen molar-refractivity contribution in [2.24, 2.45) is 0 Å². The molecule has 0 aliphatic heterocycles. The second-order valence-electron chi connectivity index (χ2n) is 13.5. The van der Waals surface area contributed by atoms with Crippen LogP contribution in [-0.4, -0.2) is 15.0 Å². The summed E-state index contributed by atoms with van der Waals surface area (Å²) in [4.78, 5) is 15.6. The molecule has 0 unspecified atom stereocenters. The van der Waals surface area contributed by atoms with Crippen molar-refractivity contribution in [3.8, 4) is 45.3 Å². The molecule has 0 bridgehead atoms. The van der Waals surface area contributed by atoms with Crippen LogP contribution >= 0.6 is 11.3 Å². The fourth-order valence-electron chi connectivity index (χ4n) is 8.08. The van der Waals surface area contributed by atoms with Crippen molar-refractivity contribution in [1.82, 2.24) is 15.0 Å². The van der Waals surface area contributed by atoms with Gasteiger partial charge in [0.15, 0.2) is 17.5 Å². The Morgan fingerprint density at radius 1 is 0.321 bits per heavy atom. The third-order valence-electron chi connectivity index (χ3n) is 10.5. The maximum Gasteiger partial charge on any atom is 0.165 e. The van der Waals surface area contributed by atoms with Crippen molar-refractivity contribution < 1.29 is 0 Å². The van der Waals surface area contributed by atoms with E-state index in [4.69, 9.17) is 15.0 Å². The topological polar surface area (TPSA) is 38.7 Å². The van der Waals surface area contributed by atoms with Gasteiger partial charge in [-0.15, -0.1) is 11.3 Å². The SMILES string of the molecule is c1ccc(-c2nc(-c3ccc(-c4c5ccccc5cc5c4ccc4ccccc45)c4ccccc34)nc(-c3cccc4c3sc3ccccc34)n2)cc1. The summed E-state index contributed by atoms with van der Waals surface area (Å²) in [6, 6.07) is 62.8. The van der Waals surface area contributed by atoms with E-state index in [1.54, 1.807) is 11.3 Å². The average molecular weight is 692 g/mol. The van der Waals surface area contributed by atoms with Crippen LogP contribution in [0, 0.1) is 0 Å². The van der Waals surface area contributed by atoms with Gasteiger partial charge in [-0.2, -0.15) is 0 Å². The van der Waals surface area contributed by atoms with Gasteiger partial charge in [0.1, 0.15) is 0 Å². The first kappa shape index (κ1) is 29.9. The molecule has 0 atom stereocenters. The van der Waals surface area contributed by atoms with Gasteiger partial charge in [0, 0.05) is 36.9 Å². The summed E-state index contributed by atoms with van der Waals surface area (Å²) in [5, 5.41) is 12.2. The first-order chi connectivity index (χ1) is 26.3. The van der Waals surface area contributed by atoms with Crippen LogP contribution in [0.15, 0.2) is 176 Å². The molecule has 2 aromatic heterocycles. The van der Waals surface area contributed by atoms with Crippen molar-refractivity contribution >= 4 is 74.6 Å². The molecule has 0 aliphatic carbocycles. The molecule has 0 aliphatic rings. The lowest BCUT2D eigenvalue weighted by molar-refractivity contribution is 1.08. The Morgan fingerprint density at radius 2 is 0.925 bits per heavy atom. The Labute approximate surface area is 309 Å². The minimum Gasteiger partial charge on any atom is -0.208 e. The minimum atomic E-state index is 0.656. The van der Waals surface area contributed by atoms with E-state index >= 15 is 0 Å². The smallest absolute Gasteiger partial charge is 0.165 e. The molecule has 3 nitrogen and oxygen atoms in total. The zero-order valence-corrected chi connectivity index (χ0v) is 29.3. The number of fused-ring (bicyclic) bond motifs is 8. The summed E-state index contributed by atoms with van der Waals surface area (Å²) >= 11 is 1.79. The van der Waals surface area contributed by atoms with Crippen LogP contribution in [0.1, 0.15) is 0 Å². The highest BCUT2D eigenvalue weighted by atomic mass is 32.1. The normalized spacial score (nSPS) is 11.8. The highest BCUT2D eigenvalue weighted by molar-refractivity contribution is 7.26. The summed E-state index contributed by atoms with van der Waals surface area (Å²) < 4.78 is 2.43. The number of hydrogen-bond donors (Lipinski definition) is 0. The maximum atomic E-state index is 5.29. The van der Waals surface area contributed by atoms with Crippen molar-refractivity contribution in [1.29, 1.82) is 0 Å². The van der Waals surface area contributed by atoms with Gasteiger partial charge in [-0.05, 0) is 78.5 Å². The second-order valence-corrected chi connectivity index (χ2v) is 14.6. The van der Waals surface area contributed by atoms with Crippen molar-refractivity contribution in [2.45, 2.75) is 0 Å². The van der Waals surface area contributed by atoms with Crippen molar-refractivity contribution in [2.75, 3.05) is 0 Å². The quantitative estimate of drug-likeness (QED) is 0.136. The Hall–Kier alpha value is -6.75. The summed E-state index contributed by atoms with van der Waals surface area (Å²) in [5.41, 5.74) is 5.37. The van der Waals surface area contributed by atoms with Crippen LogP contribution in [-0.2, 0) is 0 Å². The van der Waals surface area contributed by atoms with Crippen molar-refractivity contribution in [3.05, 3.63) is 176 Å². The summed E-state index contributed by atoms with van der Waals surface area (Å²) in [6.07, 6.45) is 0. The van der Waals surface area contributed by atoms with Crippen LogP contribution in [0.4, 0.5) is 0 Å². The predicted molar refractivity (Wildman–Crippen MR) is 224 cm³/mol. The van der Waals surface area contributed by atoms with Gasteiger partial charge >= 0.3 is 0 Å². The zero-order chi connectivity index (χ0) is 34.9. The Bertz CT molecular complexity index is 3240. The molecule has 0 fully saturated rings. The Balaban J connectivity index is 1.18. The summed E-state index contributed by atoms with van der Waals surface area (Å²) in [7, 11) is 0. The molecule has 246 valence electrons. The van der Waals surface area contributed by atoms with E-state index in [9.17, 15) is 0 Å². The second kappa shape index (κ2) is 11.9. The number of hydrogen-bond acceptors (Lipinski definition) is 4. The number of thiophene rings is 1. The van der Waals surface area contributed by atoms with Crippen LogP contribution in [0.5, 0.6) is 0 Å². The van der Waals surface area contributed by atoms with Gasteiger partial charge in [-0.25, -0.2) is 15.0 Å². The van der Waals surface area contributed by atoms with Gasteiger partial charge in [0.2, 0.25) is 0 Å². The number of aromatic nitrogens is 3. The molecule has 53 heavy (non-hydrogen) atoms. The molecule has 9 aromatic carbocycles. The number of benzene rings is 9. The average Bonchev–Trinajstić information content (AvgIpc) is 3.62. The van der Waals surface area contributed by atoms with Gasteiger partial charge in [0.25, 0.3) is 0 Å². The molecular formula is C49H29N3S. The van der Waals surface area contributed by atoms with E-state index in [1.807, 2.05) is 18.2 Å². The van der Waals surface area contributed by atoms with E-state index in [0.29, 0.717) is 17.5 Å². The van der Waals surface area contributed by atoms with Crippen LogP contribution in [0.25, 0.3) is 109 Å². The van der Waals surface area contributed by atoms with Gasteiger partial charge in [-0.1, -0.05) is 152 Å². The molecule has 0 saturated heterocycles. The molecule has 0 spiro atoms. The molecule has 0 radical (unpaired) electrons. The van der Waals surface area contributed by atoms with E-state index in [1.165, 1.54) is 63.6 Å². The maximum absolute atomic E-state index is 5.29. The molecule has 0 saturated carbocycles. The lowest BCUT2D eigenvalue weighted by atomic mass is 9.87. The number of nitrogens with zero attached hydrogens (tertiary/aromatic N) is 3. The summed E-state index contributed by atoms with van der Waals surface area (Å²) in [6.45, 7) is 0. The largest absolute Gasteiger partial charge is 0.208 e. The fourth-order valence-corrected chi connectivity index (χ4v) is 9.29. The third kappa shape index (κ3) is 4.77. The molecule has 0 N–H and O–H groups in total. The minimum absolute atomic E-state index is 0.656. The highest BCUT2D eigenvalue weighted by Gasteiger charge is 2.20. The molecular weight excluding hydrogens is 663 g/mol. The van der Waals surface area contributed by atoms with E-state index < -0.39 is 0 Å². The van der Waals surface area contributed by atoms with E-state index in [2.05, 4.69) is 158 Å². The van der Waals surface area contributed by atoms with Gasteiger partial charge in [0.05, 0.1) is 0 Å². The first-order valence-corrected chi connectivity index (χ1v) is 18.7. The number of rotatable bonds is 4. The van der Waals surface area contributed by atoms with E-state index in [-0.39, 0.29) is 0 Å². The van der Waals surface area contributed by atoms with Crippen LogP contribution in [0.3, 0.4) is 0 Å². The first-order valence-electron chi connectivity index (χ1n) is 17.9. The Morgan fingerprint density at radius 3 is 1.75 bits per heavy atom.